The van der Waals surface area contributed by atoms with Crippen LogP contribution in [0, 0.1) is 0 Å². The Bertz CT molecular complexity index is 1100. The van der Waals surface area contributed by atoms with Crippen LogP contribution in [0.4, 0.5) is 0 Å². The van der Waals surface area contributed by atoms with Crippen LogP contribution in [0.2, 0.25) is 0 Å². The van der Waals surface area contributed by atoms with Crippen molar-refractivity contribution in [3.05, 3.63) is 114 Å². The average Bonchev–Trinajstić information content (AvgIpc) is 3.30. The van der Waals surface area contributed by atoms with Crippen molar-refractivity contribution in [1.82, 2.24) is 4.98 Å². The highest BCUT2D eigenvalue weighted by Crippen LogP contribution is 2.30. The fourth-order valence-corrected chi connectivity index (χ4v) is 3.79. The fourth-order valence-electron chi connectivity index (χ4n) is 3.79. The molecule has 1 N–H and O–H groups in total. The summed E-state index contributed by atoms with van der Waals surface area (Å²) in [7, 11) is 0. The van der Waals surface area contributed by atoms with Crippen molar-refractivity contribution < 1.29 is 14.6 Å². The molecule has 1 aromatic heterocycles. The van der Waals surface area contributed by atoms with E-state index in [4.69, 9.17) is 9.47 Å². The van der Waals surface area contributed by atoms with E-state index < -0.39 is 0 Å². The van der Waals surface area contributed by atoms with Crippen molar-refractivity contribution in [3.8, 4) is 11.5 Å². The maximum absolute atomic E-state index is 9.83. The lowest BCUT2D eigenvalue weighted by atomic mass is 9.95. The number of aromatic nitrogens is 1. The average molecular weight is 426 g/mol. The molecule has 32 heavy (non-hydrogen) atoms. The topological polar surface area (TPSA) is 51.6 Å². The molecule has 0 saturated carbocycles. The van der Waals surface area contributed by atoms with Crippen molar-refractivity contribution in [2.75, 3.05) is 13.2 Å². The number of para-hydroxylation sites is 1. The van der Waals surface area contributed by atoms with Crippen LogP contribution in [-0.4, -0.2) is 29.4 Å². The van der Waals surface area contributed by atoms with Crippen LogP contribution in [-0.2, 0) is 4.74 Å². The molecular formula is C28H27NO3. The molecule has 162 valence electrons. The van der Waals surface area contributed by atoms with Gasteiger partial charge in [-0.3, -0.25) is 4.98 Å². The van der Waals surface area contributed by atoms with Gasteiger partial charge in [-0.25, -0.2) is 0 Å². The molecule has 2 heterocycles. The Morgan fingerprint density at radius 1 is 1.09 bits per heavy atom. The number of ether oxygens (including phenoxy) is 2. The zero-order valence-electron chi connectivity index (χ0n) is 18.0. The summed E-state index contributed by atoms with van der Waals surface area (Å²) in [5.74, 6) is 1.08. The van der Waals surface area contributed by atoms with Crippen LogP contribution in [0.5, 0.6) is 11.5 Å². The summed E-state index contributed by atoms with van der Waals surface area (Å²) in [4.78, 5) is 4.54. The molecule has 2 aromatic carbocycles. The van der Waals surface area contributed by atoms with Gasteiger partial charge in [0.15, 0.2) is 0 Å². The van der Waals surface area contributed by atoms with Gasteiger partial charge in [0.25, 0.3) is 0 Å². The normalized spacial score (nSPS) is 15.9. The molecule has 0 spiro atoms. The monoisotopic (exact) mass is 425 g/mol. The Morgan fingerprint density at radius 3 is 2.72 bits per heavy atom. The maximum atomic E-state index is 9.83. The van der Waals surface area contributed by atoms with Gasteiger partial charge in [0.05, 0.1) is 18.4 Å². The van der Waals surface area contributed by atoms with Gasteiger partial charge >= 0.3 is 0 Å². The minimum atomic E-state index is -0.0295. The lowest BCUT2D eigenvalue weighted by Crippen LogP contribution is -2.15. The van der Waals surface area contributed by atoms with Crippen LogP contribution in [0.15, 0.2) is 103 Å². The number of phenols is 1. The second-order valence-corrected chi connectivity index (χ2v) is 7.70. The Labute approximate surface area is 189 Å². The summed E-state index contributed by atoms with van der Waals surface area (Å²) in [5.41, 5.74) is 5.00. The standard InChI is InChI=1S/C28H27NO3/c1-21(20-32-25-10-3-2-4-11-25)26-15-17-31-28(26)14-13-23(27-12-5-6-16-29-27)18-22-8-7-9-24(30)19-22/h2-12,15-16,18-19,28,30H,1,13-14,17,20H2/b23-18-. The third-order valence-electron chi connectivity index (χ3n) is 5.39. The molecule has 1 aliphatic rings. The fraction of sp³-hybridized carbons (Fsp3) is 0.179. The Hall–Kier alpha value is -3.63. The minimum Gasteiger partial charge on any atom is -0.508 e. The second kappa shape index (κ2) is 10.6. The largest absolute Gasteiger partial charge is 0.508 e. The summed E-state index contributed by atoms with van der Waals surface area (Å²) in [5, 5.41) is 9.83. The molecule has 1 aliphatic heterocycles. The van der Waals surface area contributed by atoms with Crippen molar-refractivity contribution in [2.45, 2.75) is 18.9 Å². The molecule has 0 saturated heterocycles. The van der Waals surface area contributed by atoms with E-state index in [2.05, 4.69) is 23.7 Å². The molecule has 4 nitrogen and oxygen atoms in total. The van der Waals surface area contributed by atoms with Gasteiger partial charge in [-0.1, -0.05) is 49.1 Å². The molecule has 4 heteroatoms. The predicted octanol–water partition coefficient (Wildman–Crippen LogP) is 6.07. The van der Waals surface area contributed by atoms with Gasteiger partial charge in [-0.15, -0.1) is 0 Å². The zero-order chi connectivity index (χ0) is 22.2. The number of rotatable bonds is 9. The number of phenolic OH excluding ortho intramolecular Hbond substituents is 1. The molecule has 0 fully saturated rings. The highest BCUT2D eigenvalue weighted by molar-refractivity contribution is 5.80. The molecular weight excluding hydrogens is 398 g/mol. The molecule has 3 aromatic rings. The molecule has 0 radical (unpaired) electrons. The molecule has 1 unspecified atom stereocenters. The molecule has 0 bridgehead atoms. The number of hydrogen-bond donors (Lipinski definition) is 1. The van der Waals surface area contributed by atoms with Gasteiger partial charge in [0, 0.05) is 6.20 Å². The number of benzene rings is 2. The van der Waals surface area contributed by atoms with E-state index in [1.165, 1.54) is 0 Å². The number of nitrogens with zero attached hydrogens (tertiary/aromatic N) is 1. The summed E-state index contributed by atoms with van der Waals surface area (Å²) < 4.78 is 11.9. The van der Waals surface area contributed by atoms with Crippen LogP contribution >= 0.6 is 0 Å². The van der Waals surface area contributed by atoms with Gasteiger partial charge in [0.2, 0.25) is 0 Å². The first-order valence-electron chi connectivity index (χ1n) is 10.8. The Morgan fingerprint density at radius 2 is 1.94 bits per heavy atom. The third kappa shape index (κ3) is 5.74. The lowest BCUT2D eigenvalue weighted by molar-refractivity contribution is 0.117. The van der Waals surface area contributed by atoms with Crippen molar-refractivity contribution >= 4 is 11.6 Å². The molecule has 4 rings (SSSR count). The van der Waals surface area contributed by atoms with E-state index in [1.54, 1.807) is 18.3 Å². The Balaban J connectivity index is 1.44. The van der Waals surface area contributed by atoms with Crippen LogP contribution in [0.1, 0.15) is 24.1 Å². The van der Waals surface area contributed by atoms with Crippen molar-refractivity contribution in [1.29, 1.82) is 0 Å². The summed E-state index contributed by atoms with van der Waals surface area (Å²) >= 11 is 0. The first kappa shape index (κ1) is 21.6. The van der Waals surface area contributed by atoms with Gasteiger partial charge in [-0.2, -0.15) is 0 Å². The summed E-state index contributed by atoms with van der Waals surface area (Å²) in [6, 6.07) is 22.9. The SMILES string of the molecule is C=C(COc1ccccc1)C1=CCOC1CC/C(=C/c1cccc(O)c1)c1ccccn1. The van der Waals surface area contributed by atoms with Crippen molar-refractivity contribution in [2.24, 2.45) is 0 Å². The van der Waals surface area contributed by atoms with Gasteiger partial charge < -0.3 is 14.6 Å². The third-order valence-corrected chi connectivity index (χ3v) is 5.39. The number of pyridine rings is 1. The van der Waals surface area contributed by atoms with E-state index in [9.17, 15) is 5.11 Å². The first-order chi connectivity index (χ1) is 15.7. The van der Waals surface area contributed by atoms with Crippen LogP contribution in [0.3, 0.4) is 0 Å². The summed E-state index contributed by atoms with van der Waals surface area (Å²) in [6.45, 7) is 5.25. The van der Waals surface area contributed by atoms with Crippen molar-refractivity contribution in [3.63, 3.8) is 0 Å². The van der Waals surface area contributed by atoms with E-state index >= 15 is 0 Å². The maximum Gasteiger partial charge on any atom is 0.119 e. The Kier molecular flexibility index (Phi) is 7.15. The van der Waals surface area contributed by atoms with Gasteiger partial charge in [-0.05, 0) is 77.6 Å². The molecule has 0 aliphatic carbocycles. The number of allylic oxidation sites excluding steroid dienone is 1. The second-order valence-electron chi connectivity index (χ2n) is 7.70. The quantitative estimate of drug-likeness (QED) is 0.452. The van der Waals surface area contributed by atoms with Crippen LogP contribution < -0.4 is 4.74 Å². The van der Waals surface area contributed by atoms with Crippen LogP contribution in [0.25, 0.3) is 11.6 Å². The van der Waals surface area contributed by atoms with E-state index in [0.717, 1.165) is 46.6 Å². The van der Waals surface area contributed by atoms with E-state index in [-0.39, 0.29) is 11.9 Å². The van der Waals surface area contributed by atoms with E-state index in [0.29, 0.717) is 13.2 Å². The first-order valence-corrected chi connectivity index (χ1v) is 10.8. The van der Waals surface area contributed by atoms with Gasteiger partial charge in [0.1, 0.15) is 18.1 Å². The highest BCUT2D eigenvalue weighted by Gasteiger charge is 2.23. The smallest absolute Gasteiger partial charge is 0.119 e. The lowest BCUT2D eigenvalue weighted by Gasteiger charge is -2.18. The molecule has 0 amide bonds. The minimum absolute atomic E-state index is 0.0295. The molecule has 1 atom stereocenters. The summed E-state index contributed by atoms with van der Waals surface area (Å²) in [6.07, 6.45) is 7.53. The van der Waals surface area contributed by atoms with E-state index in [1.807, 2.05) is 60.7 Å². The number of hydrogen-bond acceptors (Lipinski definition) is 4. The zero-order valence-corrected chi connectivity index (χ0v) is 18.0. The predicted molar refractivity (Wildman–Crippen MR) is 128 cm³/mol. The number of aromatic hydroxyl groups is 1. The highest BCUT2D eigenvalue weighted by atomic mass is 16.5.